The minimum absolute atomic E-state index is 0.356. The topological polar surface area (TPSA) is 46.5 Å². The molecule has 1 N–H and O–H groups in total. The van der Waals surface area contributed by atoms with E-state index in [2.05, 4.69) is 0 Å². The lowest BCUT2D eigenvalue weighted by Gasteiger charge is -2.32. The summed E-state index contributed by atoms with van der Waals surface area (Å²) in [6, 6.07) is 4.78. The van der Waals surface area contributed by atoms with Crippen LogP contribution in [0.5, 0.6) is 0 Å². The van der Waals surface area contributed by atoms with Gasteiger partial charge in [-0.25, -0.2) is 0 Å². The number of rotatable bonds is 3. The number of halogens is 2. The number of carbonyl (C=O) groups excluding carboxylic acids is 1. The fourth-order valence-electron chi connectivity index (χ4n) is 1.74. The van der Waals surface area contributed by atoms with Crippen LogP contribution in [0, 0.1) is 5.92 Å². The molecule has 0 aliphatic rings. The predicted octanol–water partition coefficient (Wildman–Crippen LogP) is 4.18. The molecule has 0 fully saturated rings. The van der Waals surface area contributed by atoms with E-state index in [1.807, 2.05) is 0 Å². The Hall–Kier alpha value is -0.770. The zero-order valence-corrected chi connectivity index (χ0v) is 13.8. The van der Waals surface area contributed by atoms with Gasteiger partial charge in [0.25, 0.3) is 0 Å². The highest BCUT2D eigenvalue weighted by Crippen LogP contribution is 2.36. The first-order valence-electron chi connectivity index (χ1n) is 6.36. The van der Waals surface area contributed by atoms with Crippen LogP contribution in [0.3, 0.4) is 0 Å². The Balaban J connectivity index is 3.09. The third kappa shape index (κ3) is 4.11. The summed E-state index contributed by atoms with van der Waals surface area (Å²) in [6.45, 7) is 8.46. The van der Waals surface area contributed by atoms with Crippen LogP contribution in [0.4, 0.5) is 0 Å². The minimum Gasteiger partial charge on any atom is -0.460 e. The van der Waals surface area contributed by atoms with E-state index in [9.17, 15) is 9.90 Å². The quantitative estimate of drug-likeness (QED) is 0.850. The minimum atomic E-state index is -1.47. The molecule has 3 nitrogen and oxygen atoms in total. The molecule has 0 saturated carbocycles. The second kappa shape index (κ2) is 5.92. The molecule has 0 radical (unpaired) electrons. The lowest BCUT2D eigenvalue weighted by Crippen LogP contribution is -2.39. The fraction of sp³-hybridized carbons (Fsp3) is 0.533. The van der Waals surface area contributed by atoms with Crippen molar-refractivity contribution in [1.29, 1.82) is 0 Å². The molecule has 1 aromatic carbocycles. The molecule has 2 atom stereocenters. The van der Waals surface area contributed by atoms with Crippen molar-refractivity contribution in [3.8, 4) is 0 Å². The third-order valence-electron chi connectivity index (χ3n) is 3.08. The highest BCUT2D eigenvalue weighted by atomic mass is 35.5. The number of esters is 1. The van der Waals surface area contributed by atoms with Crippen molar-refractivity contribution in [1.82, 2.24) is 0 Å². The van der Waals surface area contributed by atoms with Crippen molar-refractivity contribution < 1.29 is 14.6 Å². The summed E-state index contributed by atoms with van der Waals surface area (Å²) in [7, 11) is 0. The van der Waals surface area contributed by atoms with Gasteiger partial charge in [0, 0.05) is 15.6 Å². The zero-order valence-electron chi connectivity index (χ0n) is 12.3. The van der Waals surface area contributed by atoms with E-state index in [1.54, 1.807) is 45.9 Å². The van der Waals surface area contributed by atoms with Gasteiger partial charge in [0.05, 0.1) is 5.92 Å². The van der Waals surface area contributed by atoms with Crippen molar-refractivity contribution in [3.63, 3.8) is 0 Å². The number of hydrogen-bond donors (Lipinski definition) is 1. The van der Waals surface area contributed by atoms with Gasteiger partial charge in [-0.05, 0) is 52.8 Å². The number of ether oxygens (including phenoxy) is 1. The second-order valence-corrected chi connectivity index (χ2v) is 6.87. The number of hydrogen-bond acceptors (Lipinski definition) is 3. The molecule has 0 heterocycles. The second-order valence-electron chi connectivity index (χ2n) is 6.03. The molecule has 2 unspecified atom stereocenters. The van der Waals surface area contributed by atoms with Gasteiger partial charge in [-0.1, -0.05) is 23.2 Å². The average molecular weight is 319 g/mol. The summed E-state index contributed by atoms with van der Waals surface area (Å²) in [5.41, 5.74) is -1.67. The van der Waals surface area contributed by atoms with E-state index in [-0.39, 0.29) is 0 Å². The first-order chi connectivity index (χ1) is 8.95. The van der Waals surface area contributed by atoms with Gasteiger partial charge in [-0.2, -0.15) is 0 Å². The van der Waals surface area contributed by atoms with Crippen molar-refractivity contribution in [2.45, 2.75) is 45.8 Å². The van der Waals surface area contributed by atoms with Gasteiger partial charge in [0.1, 0.15) is 11.2 Å². The Morgan fingerprint density at radius 1 is 1.25 bits per heavy atom. The largest absolute Gasteiger partial charge is 0.460 e. The lowest BCUT2D eigenvalue weighted by molar-refractivity contribution is -0.168. The van der Waals surface area contributed by atoms with E-state index < -0.39 is 23.1 Å². The summed E-state index contributed by atoms with van der Waals surface area (Å²) in [4.78, 5) is 12.1. The van der Waals surface area contributed by atoms with E-state index in [4.69, 9.17) is 27.9 Å². The van der Waals surface area contributed by atoms with E-state index >= 15 is 0 Å². The molecule has 0 spiro atoms. The van der Waals surface area contributed by atoms with Crippen LogP contribution < -0.4 is 0 Å². The third-order valence-corrected chi connectivity index (χ3v) is 3.64. The SMILES string of the molecule is CC(C(=O)OC(C)(C)C)C(C)(O)c1cc(Cl)ccc1Cl. The van der Waals surface area contributed by atoms with Crippen molar-refractivity contribution in [2.24, 2.45) is 5.92 Å². The number of aliphatic hydroxyl groups is 1. The van der Waals surface area contributed by atoms with Gasteiger partial charge in [-0.3, -0.25) is 4.79 Å². The van der Waals surface area contributed by atoms with Crippen molar-refractivity contribution in [2.75, 3.05) is 0 Å². The molecular formula is C15H20Cl2O3. The monoisotopic (exact) mass is 318 g/mol. The highest BCUT2D eigenvalue weighted by molar-refractivity contribution is 6.33. The summed E-state index contributed by atoms with van der Waals surface area (Å²) in [6.07, 6.45) is 0. The van der Waals surface area contributed by atoms with E-state index in [1.165, 1.54) is 6.92 Å². The van der Waals surface area contributed by atoms with Crippen LogP contribution in [0.1, 0.15) is 40.2 Å². The maximum atomic E-state index is 12.1. The van der Waals surface area contributed by atoms with Gasteiger partial charge in [0.2, 0.25) is 0 Å². The molecule has 0 amide bonds. The molecular weight excluding hydrogens is 299 g/mol. The van der Waals surface area contributed by atoms with Crippen LogP contribution in [-0.4, -0.2) is 16.7 Å². The Kier molecular flexibility index (Phi) is 5.12. The molecule has 0 aliphatic heterocycles. The molecule has 1 aromatic rings. The Bertz CT molecular complexity index is 504. The predicted molar refractivity (Wildman–Crippen MR) is 81.0 cm³/mol. The van der Waals surface area contributed by atoms with Crippen LogP contribution in [0.2, 0.25) is 10.0 Å². The molecule has 0 aromatic heterocycles. The Morgan fingerprint density at radius 2 is 1.80 bits per heavy atom. The normalized spacial score (nSPS) is 16.4. The van der Waals surface area contributed by atoms with Gasteiger partial charge >= 0.3 is 5.97 Å². The van der Waals surface area contributed by atoms with Crippen molar-refractivity contribution in [3.05, 3.63) is 33.8 Å². The highest BCUT2D eigenvalue weighted by Gasteiger charge is 2.39. The summed E-state index contributed by atoms with van der Waals surface area (Å²) >= 11 is 12.0. The zero-order chi connectivity index (χ0) is 15.7. The van der Waals surface area contributed by atoms with Crippen LogP contribution in [0.15, 0.2) is 18.2 Å². The maximum Gasteiger partial charge on any atom is 0.312 e. The van der Waals surface area contributed by atoms with Crippen LogP contribution >= 0.6 is 23.2 Å². The van der Waals surface area contributed by atoms with Gasteiger partial charge < -0.3 is 9.84 Å². The van der Waals surface area contributed by atoms with Crippen molar-refractivity contribution >= 4 is 29.2 Å². The Morgan fingerprint density at radius 3 is 2.30 bits per heavy atom. The average Bonchev–Trinajstić information content (AvgIpc) is 2.28. The van der Waals surface area contributed by atoms with Crippen LogP contribution in [0.25, 0.3) is 0 Å². The molecule has 112 valence electrons. The summed E-state index contributed by atoms with van der Waals surface area (Å²) in [5.74, 6) is -1.27. The van der Waals surface area contributed by atoms with Gasteiger partial charge in [0.15, 0.2) is 0 Å². The summed E-state index contributed by atoms with van der Waals surface area (Å²) < 4.78 is 5.30. The first-order valence-corrected chi connectivity index (χ1v) is 7.11. The van der Waals surface area contributed by atoms with E-state index in [0.717, 1.165) is 0 Å². The maximum absolute atomic E-state index is 12.1. The molecule has 0 saturated heterocycles. The number of benzene rings is 1. The molecule has 1 rings (SSSR count). The molecule has 5 heteroatoms. The molecule has 0 aliphatic carbocycles. The summed E-state index contributed by atoms with van der Waals surface area (Å²) in [5, 5.41) is 11.5. The molecule has 20 heavy (non-hydrogen) atoms. The smallest absolute Gasteiger partial charge is 0.312 e. The fourth-order valence-corrected chi connectivity index (χ4v) is 2.22. The first kappa shape index (κ1) is 17.3. The van der Waals surface area contributed by atoms with E-state index in [0.29, 0.717) is 15.6 Å². The number of carbonyl (C=O) groups is 1. The lowest BCUT2D eigenvalue weighted by atomic mass is 9.84. The Labute approximate surface area is 129 Å². The molecule has 0 bridgehead atoms. The standard InChI is InChI=1S/C15H20Cl2O3/c1-9(13(18)20-14(2,3)4)15(5,19)11-8-10(16)6-7-12(11)17/h6-9,19H,1-5H3. The van der Waals surface area contributed by atoms with Crippen LogP contribution in [-0.2, 0) is 15.1 Å². The van der Waals surface area contributed by atoms with Gasteiger partial charge in [-0.15, -0.1) is 0 Å².